The zero-order valence-electron chi connectivity index (χ0n) is 11.3. The molecule has 0 aromatic heterocycles. The van der Waals surface area contributed by atoms with Crippen LogP contribution in [0.4, 0.5) is 16.9 Å². The Morgan fingerprint density at radius 1 is 1.14 bits per heavy atom. The molecular weight excluding hydrogens is 428 g/mol. The Labute approximate surface area is 125 Å². The van der Waals surface area contributed by atoms with Gasteiger partial charge in [-0.15, -0.1) is 0 Å². The number of para-hydroxylation sites is 1. The Kier molecular flexibility index (Phi) is 5.47. The summed E-state index contributed by atoms with van der Waals surface area (Å²) in [7, 11) is 1.76. The van der Waals surface area contributed by atoms with Crippen LogP contribution in [0.5, 0.6) is 5.75 Å². The summed E-state index contributed by atoms with van der Waals surface area (Å²) in [4.78, 5) is 0. The van der Waals surface area contributed by atoms with Crippen LogP contribution in [0.2, 0.25) is 0 Å². The van der Waals surface area contributed by atoms with E-state index in [2.05, 4.69) is 18.2 Å². The second kappa shape index (κ2) is 6.11. The molecule has 1 aromatic rings. The van der Waals surface area contributed by atoms with E-state index in [4.69, 9.17) is 4.74 Å². The topological polar surface area (TPSA) is 9.23 Å². The predicted molar refractivity (Wildman–Crippen MR) is 75.7 cm³/mol. The van der Waals surface area contributed by atoms with Crippen LogP contribution in [0.15, 0.2) is 24.3 Å². The van der Waals surface area contributed by atoms with Gasteiger partial charge in [0.05, 0.1) is 7.11 Å². The Bertz CT molecular complexity index is 458. The Morgan fingerprint density at radius 3 is 2.19 bits per heavy atom. The molecule has 0 amide bonds. The molecular formula is C12H17F6OSSb. The fourth-order valence-electron chi connectivity index (χ4n) is 1.99. The Hall–Kier alpha value is -0.232. The molecule has 0 radical (unpaired) electrons. The Balaban J connectivity index is 0.000000270. The summed E-state index contributed by atoms with van der Waals surface area (Å²) in [6.07, 6.45) is 2.58. The fourth-order valence-corrected chi connectivity index (χ4v) is 3.40. The van der Waals surface area contributed by atoms with Crippen molar-refractivity contribution in [2.24, 2.45) is 5.92 Å². The maximum absolute atomic E-state index is 11.2. The van der Waals surface area contributed by atoms with E-state index in [0.717, 1.165) is 11.7 Å². The molecule has 1 unspecified atom stereocenters. The van der Waals surface area contributed by atoms with Crippen molar-refractivity contribution >= 4 is 31.2 Å². The van der Waals surface area contributed by atoms with E-state index in [-0.39, 0.29) is 0 Å². The minimum absolute atomic E-state index is 0.882. The number of halogens is 6. The molecule has 1 saturated heterocycles. The van der Waals surface area contributed by atoms with Crippen molar-refractivity contribution in [3.8, 4) is 5.75 Å². The molecule has 1 heterocycles. The van der Waals surface area contributed by atoms with E-state index in [1.54, 1.807) is 18.9 Å². The van der Waals surface area contributed by atoms with Gasteiger partial charge in [-0.2, -0.15) is 0 Å². The summed E-state index contributed by atoms with van der Waals surface area (Å²) >= 11 is -9.61. The van der Waals surface area contributed by atoms with E-state index >= 15 is 0 Å². The number of methoxy groups -OCH3 is 1. The van der Waals surface area contributed by atoms with Crippen LogP contribution in [0, 0.1) is 5.92 Å². The van der Waals surface area contributed by atoms with Crippen molar-refractivity contribution < 1.29 is 21.6 Å². The second-order valence-corrected chi connectivity index (χ2v) is 11.5. The van der Waals surface area contributed by atoms with E-state index in [0.29, 0.717) is 0 Å². The molecule has 0 spiro atoms. The number of hydrogen-bond acceptors (Lipinski definition) is 1. The third-order valence-corrected chi connectivity index (χ3v) is 4.13. The summed E-state index contributed by atoms with van der Waals surface area (Å²) < 4.78 is 64.9. The van der Waals surface area contributed by atoms with Crippen LogP contribution >= 0.6 is 0 Å². The van der Waals surface area contributed by atoms with Gasteiger partial charge in [-0.25, -0.2) is 0 Å². The third-order valence-electron chi connectivity index (χ3n) is 2.78. The number of ether oxygens (including phenoxy) is 1. The second-order valence-electron chi connectivity index (χ2n) is 4.76. The summed E-state index contributed by atoms with van der Waals surface area (Å²) in [5, 5.41) is 0. The zero-order valence-corrected chi connectivity index (χ0v) is 14.7. The van der Waals surface area contributed by atoms with Crippen molar-refractivity contribution in [1.29, 1.82) is 0 Å². The molecule has 1 nitrogen and oxygen atoms in total. The standard InChI is InChI=1S/C12H16OS.6FH.Sb/c1-13-12-5-3-2-4-11(12)8-10-6-7-14-9-10;;;;;;;/h2-5,10H,6-9H2,1H3;6*1H;/q;;;;;;;+5/p-5. The first-order valence-corrected chi connectivity index (χ1v) is 13.2. The SMILES string of the molecule is COc1ccccc1CC1CC[SH+]C1.[F][Sb-]([F])([F])([F])([F])[F]. The average Bonchev–Trinajstić information content (AvgIpc) is 2.78. The molecule has 9 heteroatoms. The minimum atomic E-state index is -11.2. The van der Waals surface area contributed by atoms with Gasteiger partial charge in [-0.05, 0) is 36.2 Å². The van der Waals surface area contributed by atoms with Crippen LogP contribution in [0.3, 0.4) is 0 Å². The zero-order chi connectivity index (χ0) is 16.2. The number of hydrogen-bond donors (Lipinski definition) is 0. The predicted octanol–water partition coefficient (Wildman–Crippen LogP) is 4.21. The maximum atomic E-state index is 9.93. The molecule has 21 heavy (non-hydrogen) atoms. The molecule has 1 fully saturated rings. The first-order valence-electron chi connectivity index (χ1n) is 6.16. The average molecular weight is 445 g/mol. The van der Waals surface area contributed by atoms with Crippen LogP contribution in [-0.4, -0.2) is 38.1 Å². The molecule has 1 aliphatic rings. The summed E-state index contributed by atoms with van der Waals surface area (Å²) in [6, 6.07) is 8.38. The molecule has 0 saturated carbocycles. The van der Waals surface area contributed by atoms with E-state index in [9.17, 15) is 16.9 Å². The third kappa shape index (κ3) is 11.0. The Morgan fingerprint density at radius 2 is 1.71 bits per heavy atom. The van der Waals surface area contributed by atoms with Gasteiger partial charge < -0.3 is 4.74 Å². The molecule has 0 bridgehead atoms. The molecule has 1 aromatic carbocycles. The molecule has 124 valence electrons. The summed E-state index contributed by atoms with van der Waals surface area (Å²) in [5.41, 5.74) is 1.37. The van der Waals surface area contributed by atoms with Gasteiger partial charge >= 0.3 is 36.4 Å². The van der Waals surface area contributed by atoms with Crippen molar-refractivity contribution in [1.82, 2.24) is 0 Å². The van der Waals surface area contributed by atoms with Gasteiger partial charge in [-0.3, -0.25) is 0 Å². The van der Waals surface area contributed by atoms with Crippen LogP contribution in [-0.2, 0) is 18.2 Å². The first-order chi connectivity index (χ1) is 9.35. The molecule has 0 aliphatic carbocycles. The van der Waals surface area contributed by atoms with Gasteiger partial charge in [0.15, 0.2) is 0 Å². The molecule has 2 rings (SSSR count). The molecule has 0 N–H and O–H groups in total. The summed E-state index contributed by atoms with van der Waals surface area (Å²) in [5.74, 6) is 4.70. The monoisotopic (exact) mass is 444 g/mol. The summed E-state index contributed by atoms with van der Waals surface area (Å²) in [6.45, 7) is 0. The fraction of sp³-hybridized carbons (Fsp3) is 0.500. The van der Waals surface area contributed by atoms with Crippen molar-refractivity contribution in [2.75, 3.05) is 18.6 Å². The van der Waals surface area contributed by atoms with E-state index < -0.39 is 19.5 Å². The number of thiol groups is 1. The van der Waals surface area contributed by atoms with Crippen LogP contribution in [0.1, 0.15) is 12.0 Å². The molecule has 1 atom stereocenters. The van der Waals surface area contributed by atoms with E-state index in [1.165, 1.54) is 29.9 Å². The number of rotatable bonds is 3. The quantitative estimate of drug-likeness (QED) is 0.293. The first kappa shape index (κ1) is 18.8. The van der Waals surface area contributed by atoms with Gasteiger partial charge in [-0.1, -0.05) is 18.2 Å². The van der Waals surface area contributed by atoms with Gasteiger partial charge in [0.25, 0.3) is 0 Å². The number of benzene rings is 1. The van der Waals surface area contributed by atoms with Gasteiger partial charge in [0.2, 0.25) is 0 Å². The van der Waals surface area contributed by atoms with Crippen molar-refractivity contribution in [3.05, 3.63) is 29.8 Å². The van der Waals surface area contributed by atoms with E-state index in [1.807, 2.05) is 6.07 Å². The van der Waals surface area contributed by atoms with Crippen molar-refractivity contribution in [2.45, 2.75) is 12.8 Å². The van der Waals surface area contributed by atoms with Gasteiger partial charge in [0.1, 0.15) is 17.3 Å². The van der Waals surface area contributed by atoms with Crippen molar-refractivity contribution in [3.63, 3.8) is 0 Å². The van der Waals surface area contributed by atoms with Crippen LogP contribution in [0.25, 0.3) is 0 Å². The van der Waals surface area contributed by atoms with Crippen LogP contribution < -0.4 is 4.74 Å². The normalized spacial score (nSPS) is 21.8. The van der Waals surface area contributed by atoms with Gasteiger partial charge in [0, 0.05) is 5.92 Å². The molecule has 1 aliphatic heterocycles.